The summed E-state index contributed by atoms with van der Waals surface area (Å²) in [4.78, 5) is 24.9. The summed E-state index contributed by atoms with van der Waals surface area (Å²) in [5.74, 6) is 0.508. The highest BCUT2D eigenvalue weighted by Gasteiger charge is 2.04. The standard InChI is InChI=1S/C25H25N3O3S/c1-19-7-13-23(14-8-19)32-18-25(30)28-27-16-21-9-11-22(12-10-21)31-17-24(29)26-15-20-5-3-2-4-6-20/h2-14,16H,15,17-18H2,1H3,(H,26,29)(H,28,30)/b27-16-. The number of ether oxygens (including phenoxy) is 1. The Balaban J connectivity index is 1.35. The van der Waals surface area contributed by atoms with Crippen molar-refractivity contribution >= 4 is 29.8 Å². The molecule has 0 aromatic heterocycles. The fraction of sp³-hybridized carbons (Fsp3) is 0.160. The quantitative estimate of drug-likeness (QED) is 0.280. The first kappa shape index (κ1) is 23.1. The first-order valence-electron chi connectivity index (χ1n) is 10.1. The Hall–Kier alpha value is -3.58. The largest absolute Gasteiger partial charge is 0.484 e. The molecule has 6 nitrogen and oxygen atoms in total. The Bertz CT molecular complexity index is 1040. The number of hydrogen-bond acceptors (Lipinski definition) is 5. The molecule has 0 spiro atoms. The Morgan fingerprint density at radius 1 is 0.938 bits per heavy atom. The molecule has 0 unspecified atom stereocenters. The van der Waals surface area contributed by atoms with Crippen LogP contribution in [0.5, 0.6) is 5.75 Å². The maximum absolute atomic E-state index is 11.9. The Morgan fingerprint density at radius 3 is 2.38 bits per heavy atom. The number of carbonyl (C=O) groups is 2. The summed E-state index contributed by atoms with van der Waals surface area (Å²) in [6.45, 7) is 2.43. The molecular weight excluding hydrogens is 422 g/mol. The van der Waals surface area contributed by atoms with Gasteiger partial charge in [-0.2, -0.15) is 5.10 Å². The van der Waals surface area contributed by atoms with Gasteiger partial charge in [0.25, 0.3) is 5.91 Å². The van der Waals surface area contributed by atoms with Gasteiger partial charge in [-0.25, -0.2) is 5.43 Å². The van der Waals surface area contributed by atoms with Crippen LogP contribution in [0.1, 0.15) is 16.7 Å². The Morgan fingerprint density at radius 2 is 1.66 bits per heavy atom. The highest BCUT2D eigenvalue weighted by atomic mass is 32.2. The molecule has 2 amide bonds. The highest BCUT2D eigenvalue weighted by Crippen LogP contribution is 2.17. The van der Waals surface area contributed by atoms with Crippen molar-refractivity contribution in [3.8, 4) is 5.75 Å². The molecular formula is C25H25N3O3S. The lowest BCUT2D eigenvalue weighted by Gasteiger charge is -2.08. The van der Waals surface area contributed by atoms with Crippen LogP contribution in [0.15, 0.2) is 88.9 Å². The molecule has 164 valence electrons. The lowest BCUT2D eigenvalue weighted by atomic mass is 10.2. The van der Waals surface area contributed by atoms with Gasteiger partial charge in [-0.15, -0.1) is 11.8 Å². The third-order valence-electron chi connectivity index (χ3n) is 4.38. The van der Waals surface area contributed by atoms with E-state index in [1.54, 1.807) is 30.5 Å². The van der Waals surface area contributed by atoms with E-state index in [1.807, 2.05) is 61.5 Å². The van der Waals surface area contributed by atoms with Crippen molar-refractivity contribution in [1.82, 2.24) is 10.7 Å². The van der Waals surface area contributed by atoms with Crippen LogP contribution >= 0.6 is 11.8 Å². The van der Waals surface area contributed by atoms with Crippen LogP contribution in [-0.4, -0.2) is 30.4 Å². The van der Waals surface area contributed by atoms with Crippen LogP contribution in [0.4, 0.5) is 0 Å². The van der Waals surface area contributed by atoms with Crippen molar-refractivity contribution in [3.63, 3.8) is 0 Å². The summed E-state index contributed by atoms with van der Waals surface area (Å²) in [6.07, 6.45) is 1.56. The Kier molecular flexibility index (Phi) is 8.89. The van der Waals surface area contributed by atoms with Gasteiger partial charge < -0.3 is 10.1 Å². The van der Waals surface area contributed by atoms with Crippen LogP contribution in [0.3, 0.4) is 0 Å². The smallest absolute Gasteiger partial charge is 0.258 e. The molecule has 0 radical (unpaired) electrons. The fourth-order valence-electron chi connectivity index (χ4n) is 2.64. The molecule has 0 aliphatic heterocycles. The van der Waals surface area contributed by atoms with Gasteiger partial charge in [0.15, 0.2) is 6.61 Å². The summed E-state index contributed by atoms with van der Waals surface area (Å²) in [7, 11) is 0. The normalized spacial score (nSPS) is 10.7. The predicted molar refractivity (Wildman–Crippen MR) is 128 cm³/mol. The molecule has 3 aromatic carbocycles. The summed E-state index contributed by atoms with van der Waals surface area (Å²) in [6, 6.07) is 24.8. The molecule has 3 aromatic rings. The first-order chi connectivity index (χ1) is 15.6. The van der Waals surface area contributed by atoms with Gasteiger partial charge >= 0.3 is 0 Å². The molecule has 0 atom stereocenters. The van der Waals surface area contributed by atoms with Crippen LogP contribution in [0, 0.1) is 6.92 Å². The molecule has 0 heterocycles. The molecule has 32 heavy (non-hydrogen) atoms. The third-order valence-corrected chi connectivity index (χ3v) is 5.39. The van der Waals surface area contributed by atoms with E-state index in [2.05, 4.69) is 15.8 Å². The molecule has 2 N–H and O–H groups in total. The number of benzene rings is 3. The molecule has 0 bridgehead atoms. The van der Waals surface area contributed by atoms with E-state index in [0.29, 0.717) is 18.0 Å². The second kappa shape index (κ2) is 12.3. The number of rotatable bonds is 10. The van der Waals surface area contributed by atoms with Gasteiger partial charge in [0.05, 0.1) is 12.0 Å². The van der Waals surface area contributed by atoms with E-state index in [9.17, 15) is 9.59 Å². The number of aryl methyl sites for hydroxylation is 1. The number of hydrogen-bond donors (Lipinski definition) is 2. The molecule has 0 saturated carbocycles. The van der Waals surface area contributed by atoms with Crippen LogP contribution < -0.4 is 15.5 Å². The molecule has 3 rings (SSSR count). The monoisotopic (exact) mass is 447 g/mol. The van der Waals surface area contributed by atoms with Gasteiger partial charge in [0.2, 0.25) is 5.91 Å². The zero-order chi connectivity index (χ0) is 22.6. The van der Waals surface area contributed by atoms with Gasteiger partial charge in [-0.3, -0.25) is 9.59 Å². The SMILES string of the molecule is Cc1ccc(SCC(=O)N/N=C\c2ccc(OCC(=O)NCc3ccccc3)cc2)cc1. The zero-order valence-electron chi connectivity index (χ0n) is 17.8. The molecule has 0 saturated heterocycles. The lowest BCUT2D eigenvalue weighted by molar-refractivity contribution is -0.123. The minimum atomic E-state index is -0.189. The first-order valence-corrected chi connectivity index (χ1v) is 11.1. The summed E-state index contributed by atoms with van der Waals surface area (Å²) in [5.41, 5.74) is 5.54. The van der Waals surface area contributed by atoms with E-state index in [0.717, 1.165) is 16.0 Å². The summed E-state index contributed by atoms with van der Waals surface area (Å²) in [5, 5.41) is 6.80. The summed E-state index contributed by atoms with van der Waals surface area (Å²) >= 11 is 1.46. The molecule has 0 aliphatic carbocycles. The zero-order valence-corrected chi connectivity index (χ0v) is 18.6. The average Bonchev–Trinajstić information content (AvgIpc) is 2.82. The number of hydrazone groups is 1. The van der Waals surface area contributed by atoms with Crippen molar-refractivity contribution in [1.29, 1.82) is 0 Å². The van der Waals surface area contributed by atoms with Crippen molar-refractivity contribution in [2.75, 3.05) is 12.4 Å². The molecule has 0 fully saturated rings. The van der Waals surface area contributed by atoms with E-state index in [4.69, 9.17) is 4.74 Å². The maximum Gasteiger partial charge on any atom is 0.258 e. The van der Waals surface area contributed by atoms with E-state index >= 15 is 0 Å². The number of nitrogens with one attached hydrogen (secondary N) is 2. The van der Waals surface area contributed by atoms with Crippen molar-refractivity contribution in [3.05, 3.63) is 95.6 Å². The number of nitrogens with zero attached hydrogens (tertiary/aromatic N) is 1. The predicted octanol–water partition coefficient (Wildman–Crippen LogP) is 3.93. The van der Waals surface area contributed by atoms with Crippen LogP contribution in [0.25, 0.3) is 0 Å². The number of thioether (sulfide) groups is 1. The van der Waals surface area contributed by atoms with Gasteiger partial charge in [-0.1, -0.05) is 48.0 Å². The lowest BCUT2D eigenvalue weighted by Crippen LogP contribution is -2.28. The topological polar surface area (TPSA) is 79.8 Å². The van der Waals surface area contributed by atoms with Crippen LogP contribution in [-0.2, 0) is 16.1 Å². The van der Waals surface area contributed by atoms with Crippen LogP contribution in [0.2, 0.25) is 0 Å². The van der Waals surface area contributed by atoms with Gasteiger partial charge in [0.1, 0.15) is 5.75 Å². The van der Waals surface area contributed by atoms with Gasteiger partial charge in [-0.05, 0) is 54.4 Å². The van der Waals surface area contributed by atoms with E-state index < -0.39 is 0 Å². The highest BCUT2D eigenvalue weighted by molar-refractivity contribution is 8.00. The third kappa shape index (κ3) is 8.28. The van der Waals surface area contributed by atoms with Gasteiger partial charge in [0, 0.05) is 11.4 Å². The van der Waals surface area contributed by atoms with E-state index in [-0.39, 0.29) is 18.4 Å². The fourth-order valence-corrected chi connectivity index (χ4v) is 3.33. The molecule has 0 aliphatic rings. The number of carbonyl (C=O) groups excluding carboxylic acids is 2. The second-order valence-corrected chi connectivity index (χ2v) is 8.06. The maximum atomic E-state index is 11.9. The summed E-state index contributed by atoms with van der Waals surface area (Å²) < 4.78 is 5.51. The minimum absolute atomic E-state index is 0.0605. The van der Waals surface area contributed by atoms with E-state index in [1.165, 1.54) is 17.3 Å². The number of amides is 2. The average molecular weight is 448 g/mol. The molecule has 7 heteroatoms. The van der Waals surface area contributed by atoms with Crippen molar-refractivity contribution in [2.45, 2.75) is 18.4 Å². The minimum Gasteiger partial charge on any atom is -0.484 e. The van der Waals surface area contributed by atoms with Crippen molar-refractivity contribution < 1.29 is 14.3 Å². The van der Waals surface area contributed by atoms with Crippen molar-refractivity contribution in [2.24, 2.45) is 5.10 Å². The second-order valence-electron chi connectivity index (χ2n) is 7.01. The Labute approximate surface area is 192 Å².